The fourth-order valence-electron chi connectivity index (χ4n) is 0.216. The lowest BCUT2D eigenvalue weighted by Crippen LogP contribution is -1.58. The van der Waals surface area contributed by atoms with Gasteiger partial charge in [0.2, 0.25) is 0 Å². The number of hydrogen-bond donors (Lipinski definition) is 0. The first kappa shape index (κ1) is 3.21. The lowest BCUT2D eigenvalue weighted by atomic mass is 11.0. The lowest BCUT2D eigenvalue weighted by Gasteiger charge is -1.62. The van der Waals surface area contributed by atoms with E-state index in [1.165, 1.54) is 12.5 Å². The molecule has 0 N–H and O–H groups in total. The van der Waals surface area contributed by atoms with Crippen molar-refractivity contribution in [2.45, 2.75) is 0 Å². The third-order valence-corrected chi connectivity index (χ3v) is 0.419. The first-order chi connectivity index (χ1) is 2.89. The summed E-state index contributed by atoms with van der Waals surface area (Å²) >= 11 is 0. The molecule has 0 aromatic carbocycles. The summed E-state index contributed by atoms with van der Waals surface area (Å²) in [6.45, 7) is 0. The predicted molar refractivity (Wildman–Crippen MR) is 18.3 cm³/mol. The largest absolute Gasteiger partial charge is 0.430 e. The second kappa shape index (κ2) is 1.01. The zero-order chi connectivity index (χ0) is 4.41. The smallest absolute Gasteiger partial charge is 0.340 e. The molecule has 3 nitrogen and oxygen atoms in total. The molecule has 0 aliphatic heterocycles. The van der Waals surface area contributed by atoms with Crippen LogP contribution >= 0.6 is 0 Å². The molecular weight excluding hydrogens is 80.0 g/mol. The molecular formula is C3H2N2O. The number of hydrogen-bond acceptors (Lipinski definition) is 2. The Bertz CT molecular complexity index is 112. The Morgan fingerprint density at radius 3 is 2.83 bits per heavy atom. The van der Waals surface area contributed by atoms with Gasteiger partial charge in [0.05, 0.1) is 6.20 Å². The zero-order valence-electron chi connectivity index (χ0n) is 2.96. The third-order valence-electron chi connectivity index (χ3n) is 0.419. The molecule has 0 saturated heterocycles. The van der Waals surface area contributed by atoms with E-state index in [-0.39, 0.29) is 6.01 Å². The van der Waals surface area contributed by atoms with Gasteiger partial charge in [-0.15, -0.1) is 0 Å². The van der Waals surface area contributed by atoms with Crippen LogP contribution in [0.1, 0.15) is 0 Å². The molecule has 1 heterocycles. The summed E-state index contributed by atoms with van der Waals surface area (Å²) < 4.78 is 4.28. The molecule has 6 heavy (non-hydrogen) atoms. The average Bonchev–Trinajstić information content (AvgIpc) is 1.86. The SMILES string of the molecule is [N]c1ncco1. The van der Waals surface area contributed by atoms with Crippen LogP contribution in [0.4, 0.5) is 6.01 Å². The summed E-state index contributed by atoms with van der Waals surface area (Å²) in [5.74, 6) is 0. The van der Waals surface area contributed by atoms with Crippen molar-refractivity contribution in [2.75, 3.05) is 0 Å². The van der Waals surface area contributed by atoms with E-state index in [0.29, 0.717) is 0 Å². The molecule has 0 aliphatic rings. The molecule has 0 aliphatic carbocycles. The predicted octanol–water partition coefficient (Wildman–Crippen LogP) is 0.375. The lowest BCUT2D eigenvalue weighted by molar-refractivity contribution is 0.565. The van der Waals surface area contributed by atoms with Gasteiger partial charge in [-0.2, -0.15) is 4.98 Å². The van der Waals surface area contributed by atoms with Crippen LogP contribution in [0.3, 0.4) is 0 Å². The van der Waals surface area contributed by atoms with E-state index in [0.717, 1.165) is 0 Å². The van der Waals surface area contributed by atoms with Gasteiger partial charge in [0, 0.05) is 0 Å². The van der Waals surface area contributed by atoms with Gasteiger partial charge in [-0.3, -0.25) is 0 Å². The molecule has 0 bridgehead atoms. The normalized spacial score (nSPS) is 8.67. The topological polar surface area (TPSA) is 48.3 Å². The van der Waals surface area contributed by atoms with E-state index in [2.05, 4.69) is 9.40 Å². The molecule has 1 aromatic heterocycles. The zero-order valence-corrected chi connectivity index (χ0v) is 2.96. The molecule has 0 amide bonds. The van der Waals surface area contributed by atoms with Gasteiger partial charge < -0.3 is 4.42 Å². The molecule has 0 fully saturated rings. The second-order valence-corrected chi connectivity index (χ2v) is 0.815. The highest BCUT2D eigenvalue weighted by atomic mass is 16.3. The summed E-state index contributed by atoms with van der Waals surface area (Å²) in [7, 11) is 0. The maximum absolute atomic E-state index is 8.19. The van der Waals surface area contributed by atoms with Crippen LogP contribution in [-0.2, 0) is 0 Å². The average molecular weight is 82.1 g/mol. The van der Waals surface area contributed by atoms with Crippen LogP contribution in [0, 0.1) is 0 Å². The van der Waals surface area contributed by atoms with Crippen molar-refractivity contribution in [1.82, 2.24) is 10.7 Å². The van der Waals surface area contributed by atoms with Crippen molar-refractivity contribution in [3.05, 3.63) is 12.5 Å². The highest BCUT2D eigenvalue weighted by Crippen LogP contribution is 1.93. The maximum atomic E-state index is 8.19. The highest BCUT2D eigenvalue weighted by Gasteiger charge is 1.82. The minimum absolute atomic E-state index is 0.282. The van der Waals surface area contributed by atoms with E-state index in [1.54, 1.807) is 0 Å². The van der Waals surface area contributed by atoms with E-state index in [9.17, 15) is 0 Å². The summed E-state index contributed by atoms with van der Waals surface area (Å²) in [5, 5.41) is 0. The van der Waals surface area contributed by atoms with Crippen molar-refractivity contribution < 1.29 is 4.42 Å². The van der Waals surface area contributed by atoms with Gasteiger partial charge in [-0.25, -0.2) is 0 Å². The van der Waals surface area contributed by atoms with E-state index in [4.69, 9.17) is 5.73 Å². The fourth-order valence-corrected chi connectivity index (χ4v) is 0.216. The summed E-state index contributed by atoms with van der Waals surface area (Å²) in [4.78, 5) is 3.31. The van der Waals surface area contributed by atoms with E-state index in [1.807, 2.05) is 0 Å². The van der Waals surface area contributed by atoms with Gasteiger partial charge in [0.1, 0.15) is 6.26 Å². The number of nitrogens with zero attached hydrogens (tertiary/aromatic N) is 2. The molecule has 0 unspecified atom stereocenters. The van der Waals surface area contributed by atoms with Crippen molar-refractivity contribution in [3.63, 3.8) is 0 Å². The van der Waals surface area contributed by atoms with Crippen LogP contribution in [0.5, 0.6) is 0 Å². The Balaban J connectivity index is 3.05. The fraction of sp³-hybridized carbons (Fsp3) is 0. The van der Waals surface area contributed by atoms with Crippen molar-refractivity contribution >= 4 is 6.01 Å². The minimum atomic E-state index is -0.282. The van der Waals surface area contributed by atoms with Crippen molar-refractivity contribution in [2.24, 2.45) is 0 Å². The second-order valence-electron chi connectivity index (χ2n) is 0.815. The number of oxazole rings is 1. The van der Waals surface area contributed by atoms with E-state index >= 15 is 0 Å². The van der Waals surface area contributed by atoms with Gasteiger partial charge in [-0.05, 0) is 0 Å². The van der Waals surface area contributed by atoms with Crippen LogP contribution in [-0.4, -0.2) is 4.98 Å². The molecule has 2 radical (unpaired) electrons. The van der Waals surface area contributed by atoms with Crippen molar-refractivity contribution in [1.29, 1.82) is 0 Å². The van der Waals surface area contributed by atoms with Gasteiger partial charge in [0.15, 0.2) is 0 Å². The monoisotopic (exact) mass is 82.0 g/mol. The standard InChI is InChI=1S/C3H2N2O/c4-3-5-1-2-6-3/h1-2H. The minimum Gasteiger partial charge on any atom is -0.430 e. The number of aromatic nitrogens is 1. The number of rotatable bonds is 0. The molecule has 0 atom stereocenters. The van der Waals surface area contributed by atoms with Gasteiger partial charge >= 0.3 is 6.01 Å². The van der Waals surface area contributed by atoms with Crippen molar-refractivity contribution in [3.8, 4) is 0 Å². The van der Waals surface area contributed by atoms with E-state index < -0.39 is 0 Å². The summed E-state index contributed by atoms with van der Waals surface area (Å²) in [6, 6.07) is -0.282. The molecule has 30 valence electrons. The van der Waals surface area contributed by atoms with Gasteiger partial charge in [0.25, 0.3) is 0 Å². The Hall–Kier alpha value is -0.990. The van der Waals surface area contributed by atoms with Crippen LogP contribution in [0.15, 0.2) is 16.9 Å². The molecule has 0 saturated carbocycles. The molecule has 3 heteroatoms. The summed E-state index contributed by atoms with van der Waals surface area (Å²) in [6.07, 6.45) is 2.67. The Kier molecular flexibility index (Phi) is 0.538. The van der Waals surface area contributed by atoms with Crippen LogP contribution < -0.4 is 5.73 Å². The summed E-state index contributed by atoms with van der Waals surface area (Å²) in [5.41, 5.74) is 8.19. The Labute approximate surface area is 34.8 Å². The first-order valence-corrected chi connectivity index (χ1v) is 1.48. The van der Waals surface area contributed by atoms with Crippen LogP contribution in [0.2, 0.25) is 0 Å². The molecule has 1 rings (SSSR count). The quantitative estimate of drug-likeness (QED) is 0.454. The van der Waals surface area contributed by atoms with Crippen LogP contribution in [0.25, 0.3) is 0 Å². The molecule has 1 aromatic rings. The van der Waals surface area contributed by atoms with Gasteiger partial charge in [-0.1, -0.05) is 5.73 Å². The molecule has 0 spiro atoms. The third kappa shape index (κ3) is 0.337. The maximum Gasteiger partial charge on any atom is 0.340 e. The first-order valence-electron chi connectivity index (χ1n) is 1.48. The Morgan fingerprint density at radius 2 is 2.67 bits per heavy atom. The Morgan fingerprint density at radius 1 is 1.83 bits per heavy atom. The highest BCUT2D eigenvalue weighted by molar-refractivity contribution is 4.98.